The van der Waals surface area contributed by atoms with E-state index in [1.165, 1.54) is 16.7 Å². The van der Waals surface area contributed by atoms with Crippen molar-refractivity contribution in [2.45, 2.75) is 26.8 Å². The van der Waals surface area contributed by atoms with E-state index < -0.39 is 0 Å². The Kier molecular flexibility index (Phi) is 4.97. The molecule has 0 amide bonds. The minimum atomic E-state index is 0.467. The van der Waals surface area contributed by atoms with Gasteiger partial charge in [0.1, 0.15) is 0 Å². The molecule has 1 N–H and O–H groups in total. The number of nitrogens with zero attached hydrogens (tertiary/aromatic N) is 1. The van der Waals surface area contributed by atoms with Crippen molar-refractivity contribution in [2.24, 2.45) is 0 Å². The molecule has 1 unspecified atom stereocenters. The molecule has 16 heavy (non-hydrogen) atoms. The van der Waals surface area contributed by atoms with E-state index in [4.69, 9.17) is 0 Å². The highest BCUT2D eigenvalue weighted by Crippen LogP contribution is 2.23. The van der Waals surface area contributed by atoms with Crippen LogP contribution in [0.25, 0.3) is 0 Å². The number of aryl methyl sites for hydroxylation is 2. The van der Waals surface area contributed by atoms with Gasteiger partial charge >= 0.3 is 0 Å². The van der Waals surface area contributed by atoms with E-state index in [0.29, 0.717) is 6.04 Å². The van der Waals surface area contributed by atoms with E-state index in [0.717, 1.165) is 13.1 Å². The van der Waals surface area contributed by atoms with Gasteiger partial charge < -0.3 is 5.32 Å². The van der Waals surface area contributed by atoms with Gasteiger partial charge in [0.2, 0.25) is 0 Å². The lowest BCUT2D eigenvalue weighted by atomic mass is 9.98. The second-order valence-corrected chi connectivity index (χ2v) is 4.51. The normalized spacial score (nSPS) is 13.1. The molecule has 90 valence electrons. The molecule has 0 saturated carbocycles. The smallest absolute Gasteiger partial charge is 0.0472 e. The number of hydrogen-bond donors (Lipinski definition) is 1. The number of benzene rings is 1. The summed E-state index contributed by atoms with van der Waals surface area (Å²) >= 11 is 0. The Hall–Kier alpha value is -0.860. The number of nitrogens with one attached hydrogen (secondary N) is 1. The highest BCUT2D eigenvalue weighted by atomic mass is 15.1. The minimum Gasteiger partial charge on any atom is -0.318 e. The molecule has 2 heteroatoms. The van der Waals surface area contributed by atoms with Gasteiger partial charge in [-0.3, -0.25) is 4.90 Å². The van der Waals surface area contributed by atoms with Crippen LogP contribution in [-0.2, 0) is 0 Å². The quantitative estimate of drug-likeness (QED) is 0.820. The molecular weight excluding hydrogens is 196 g/mol. The molecule has 0 aromatic heterocycles. The summed E-state index contributed by atoms with van der Waals surface area (Å²) in [6.07, 6.45) is 0. The van der Waals surface area contributed by atoms with Crippen molar-refractivity contribution in [2.75, 3.05) is 27.2 Å². The lowest BCUT2D eigenvalue weighted by molar-refractivity contribution is 0.253. The highest BCUT2D eigenvalue weighted by Gasteiger charge is 2.16. The first-order chi connectivity index (χ1) is 7.60. The van der Waals surface area contributed by atoms with Crippen molar-refractivity contribution in [1.82, 2.24) is 10.2 Å². The lowest BCUT2D eigenvalue weighted by Gasteiger charge is -2.28. The predicted octanol–water partition coefficient (Wildman–Crippen LogP) is 2.52. The molecule has 0 radical (unpaired) electrons. The van der Waals surface area contributed by atoms with E-state index in [1.54, 1.807) is 0 Å². The first-order valence-electron chi connectivity index (χ1n) is 6.02. The van der Waals surface area contributed by atoms with Crippen LogP contribution in [0.15, 0.2) is 18.2 Å². The monoisotopic (exact) mass is 220 g/mol. The van der Waals surface area contributed by atoms with Crippen LogP contribution in [0.5, 0.6) is 0 Å². The van der Waals surface area contributed by atoms with Gasteiger partial charge in [-0.1, -0.05) is 30.7 Å². The second-order valence-electron chi connectivity index (χ2n) is 4.51. The highest BCUT2D eigenvalue weighted by molar-refractivity contribution is 5.33. The molecule has 0 fully saturated rings. The van der Waals surface area contributed by atoms with Crippen molar-refractivity contribution in [1.29, 1.82) is 0 Å². The zero-order valence-electron chi connectivity index (χ0n) is 11.2. The number of rotatable bonds is 5. The van der Waals surface area contributed by atoms with Crippen molar-refractivity contribution in [3.05, 3.63) is 34.9 Å². The van der Waals surface area contributed by atoms with Gasteiger partial charge in [0.15, 0.2) is 0 Å². The maximum atomic E-state index is 3.29. The molecular formula is C14H24N2. The Labute approximate surface area is 99.7 Å². The van der Waals surface area contributed by atoms with Gasteiger partial charge in [-0.2, -0.15) is 0 Å². The maximum Gasteiger partial charge on any atom is 0.0472 e. The molecule has 0 bridgehead atoms. The summed E-state index contributed by atoms with van der Waals surface area (Å²) in [7, 11) is 4.20. The van der Waals surface area contributed by atoms with Crippen LogP contribution < -0.4 is 5.32 Å². The van der Waals surface area contributed by atoms with E-state index >= 15 is 0 Å². The first-order valence-corrected chi connectivity index (χ1v) is 6.02. The molecule has 1 atom stereocenters. The Morgan fingerprint density at radius 1 is 1.31 bits per heavy atom. The molecule has 0 aliphatic carbocycles. The van der Waals surface area contributed by atoms with Crippen LogP contribution >= 0.6 is 0 Å². The summed E-state index contributed by atoms with van der Waals surface area (Å²) in [6.45, 7) is 8.62. The fourth-order valence-corrected chi connectivity index (χ4v) is 2.04. The van der Waals surface area contributed by atoms with Crippen LogP contribution in [0, 0.1) is 13.8 Å². The Morgan fingerprint density at radius 3 is 2.56 bits per heavy atom. The standard InChI is InChI=1S/C14H24N2/c1-6-16(5)14(10-15-4)13-9-11(2)7-8-12(13)3/h7-9,14-15H,6,10H2,1-5H3. The molecule has 1 aromatic carbocycles. The molecule has 1 aromatic rings. The summed E-state index contributed by atoms with van der Waals surface area (Å²) in [5.41, 5.74) is 4.16. The zero-order valence-corrected chi connectivity index (χ0v) is 11.2. The molecule has 1 rings (SSSR count). The third kappa shape index (κ3) is 3.06. The summed E-state index contributed by atoms with van der Waals surface area (Å²) in [5, 5.41) is 3.29. The van der Waals surface area contributed by atoms with Crippen LogP contribution in [0.1, 0.15) is 29.7 Å². The minimum absolute atomic E-state index is 0.467. The van der Waals surface area contributed by atoms with Gasteiger partial charge in [0.25, 0.3) is 0 Å². The average Bonchev–Trinajstić information content (AvgIpc) is 2.28. The van der Waals surface area contributed by atoms with E-state index in [-0.39, 0.29) is 0 Å². The molecule has 0 saturated heterocycles. The molecule has 0 spiro atoms. The third-order valence-electron chi connectivity index (χ3n) is 3.22. The topological polar surface area (TPSA) is 15.3 Å². The van der Waals surface area contributed by atoms with Crippen molar-refractivity contribution < 1.29 is 0 Å². The molecule has 2 nitrogen and oxygen atoms in total. The van der Waals surface area contributed by atoms with Crippen molar-refractivity contribution in [3.63, 3.8) is 0 Å². The maximum absolute atomic E-state index is 3.29. The van der Waals surface area contributed by atoms with E-state index in [2.05, 4.69) is 56.2 Å². The Bertz CT molecular complexity index is 334. The fourth-order valence-electron chi connectivity index (χ4n) is 2.04. The van der Waals surface area contributed by atoms with Crippen LogP contribution in [-0.4, -0.2) is 32.1 Å². The zero-order chi connectivity index (χ0) is 12.1. The summed E-state index contributed by atoms with van der Waals surface area (Å²) < 4.78 is 0. The van der Waals surface area contributed by atoms with Gasteiger partial charge in [-0.05, 0) is 45.6 Å². The van der Waals surface area contributed by atoms with Crippen molar-refractivity contribution >= 4 is 0 Å². The van der Waals surface area contributed by atoms with E-state index in [9.17, 15) is 0 Å². The van der Waals surface area contributed by atoms with Gasteiger partial charge in [-0.25, -0.2) is 0 Å². The first kappa shape index (κ1) is 13.2. The number of hydrogen-bond acceptors (Lipinski definition) is 2. The third-order valence-corrected chi connectivity index (χ3v) is 3.22. The summed E-state index contributed by atoms with van der Waals surface area (Å²) in [4.78, 5) is 2.39. The molecule has 0 aliphatic heterocycles. The van der Waals surface area contributed by atoms with Crippen LogP contribution in [0.3, 0.4) is 0 Å². The van der Waals surface area contributed by atoms with Gasteiger partial charge in [0, 0.05) is 12.6 Å². The van der Waals surface area contributed by atoms with Crippen LogP contribution in [0.4, 0.5) is 0 Å². The Morgan fingerprint density at radius 2 is 2.00 bits per heavy atom. The Balaban J connectivity index is 3.04. The SMILES string of the molecule is CCN(C)C(CNC)c1cc(C)ccc1C. The van der Waals surface area contributed by atoms with Gasteiger partial charge in [0.05, 0.1) is 0 Å². The van der Waals surface area contributed by atoms with Crippen molar-refractivity contribution in [3.8, 4) is 0 Å². The number of likely N-dealkylation sites (N-methyl/N-ethyl adjacent to an activating group) is 2. The lowest BCUT2D eigenvalue weighted by Crippen LogP contribution is -2.32. The predicted molar refractivity (Wildman–Crippen MR) is 70.9 cm³/mol. The molecule has 0 heterocycles. The average molecular weight is 220 g/mol. The second kappa shape index (κ2) is 6.02. The largest absolute Gasteiger partial charge is 0.318 e. The van der Waals surface area contributed by atoms with E-state index in [1.807, 2.05) is 7.05 Å². The summed E-state index contributed by atoms with van der Waals surface area (Å²) in [6, 6.07) is 7.18. The summed E-state index contributed by atoms with van der Waals surface area (Å²) in [5.74, 6) is 0. The van der Waals surface area contributed by atoms with Crippen LogP contribution in [0.2, 0.25) is 0 Å². The fraction of sp³-hybridized carbons (Fsp3) is 0.571. The van der Waals surface area contributed by atoms with Gasteiger partial charge in [-0.15, -0.1) is 0 Å². The molecule has 0 aliphatic rings.